The number of carbonyl (C=O) groups is 2. The van der Waals surface area contributed by atoms with Gasteiger partial charge in [-0.25, -0.2) is 9.59 Å². The van der Waals surface area contributed by atoms with Gasteiger partial charge in [0.05, 0.1) is 25.3 Å². The summed E-state index contributed by atoms with van der Waals surface area (Å²) in [7, 11) is 2.61. The van der Waals surface area contributed by atoms with Crippen molar-refractivity contribution in [3.05, 3.63) is 58.6 Å². The van der Waals surface area contributed by atoms with Crippen molar-refractivity contribution in [1.29, 1.82) is 0 Å². The Morgan fingerprint density at radius 2 is 1.52 bits per heavy atom. The molecule has 2 aromatic rings. The molecule has 0 atom stereocenters. The van der Waals surface area contributed by atoms with Gasteiger partial charge in [-0.15, -0.1) is 0 Å². The molecule has 0 unspecified atom stereocenters. The summed E-state index contributed by atoms with van der Waals surface area (Å²) in [4.78, 5) is 23.5. The Hall–Kier alpha value is -2.33. The van der Waals surface area contributed by atoms with Crippen LogP contribution in [0.2, 0.25) is 5.02 Å². The van der Waals surface area contributed by atoms with E-state index in [0.29, 0.717) is 21.7 Å². The first-order valence-electron chi connectivity index (χ1n) is 6.13. The maximum absolute atomic E-state index is 11.9. The van der Waals surface area contributed by atoms with Crippen LogP contribution < -0.4 is 0 Å². The zero-order valence-electron chi connectivity index (χ0n) is 11.6. The summed E-state index contributed by atoms with van der Waals surface area (Å²) in [5.41, 5.74) is 2.06. The van der Waals surface area contributed by atoms with E-state index in [9.17, 15) is 9.59 Å². The average molecular weight is 305 g/mol. The molecule has 0 aliphatic rings. The summed E-state index contributed by atoms with van der Waals surface area (Å²) in [6, 6.07) is 11.6. The number of benzene rings is 2. The van der Waals surface area contributed by atoms with E-state index in [4.69, 9.17) is 21.1 Å². The van der Waals surface area contributed by atoms with Gasteiger partial charge in [-0.3, -0.25) is 0 Å². The number of hydrogen-bond donors (Lipinski definition) is 0. The molecular formula is C16H13ClO4. The zero-order chi connectivity index (χ0) is 15.4. The van der Waals surface area contributed by atoms with Crippen LogP contribution in [0.5, 0.6) is 0 Å². The second-order valence-electron chi connectivity index (χ2n) is 4.25. The largest absolute Gasteiger partial charge is 0.465 e. The Labute approximate surface area is 127 Å². The Morgan fingerprint density at radius 3 is 2.10 bits per heavy atom. The van der Waals surface area contributed by atoms with Crippen LogP contribution in [0, 0.1) is 0 Å². The molecule has 4 nitrogen and oxygen atoms in total. The maximum Gasteiger partial charge on any atom is 0.338 e. The number of halogens is 1. The second kappa shape index (κ2) is 6.41. The minimum atomic E-state index is -0.476. The Bertz CT molecular complexity index is 677. The highest BCUT2D eigenvalue weighted by Gasteiger charge is 2.16. The van der Waals surface area contributed by atoms with Crippen molar-refractivity contribution < 1.29 is 19.1 Å². The number of methoxy groups -OCH3 is 2. The van der Waals surface area contributed by atoms with E-state index in [1.165, 1.54) is 20.3 Å². The number of hydrogen-bond acceptors (Lipinski definition) is 4. The SMILES string of the molecule is COC(=O)c1ccc(C(=O)OC)c(-c2ccc(Cl)cc2)c1. The van der Waals surface area contributed by atoms with Crippen LogP contribution in [-0.4, -0.2) is 26.2 Å². The molecule has 0 N–H and O–H groups in total. The highest BCUT2D eigenvalue weighted by Crippen LogP contribution is 2.27. The number of rotatable bonds is 3. The Balaban J connectivity index is 2.60. The number of carbonyl (C=O) groups excluding carboxylic acids is 2. The third-order valence-electron chi connectivity index (χ3n) is 3.00. The van der Waals surface area contributed by atoms with Gasteiger partial charge in [-0.2, -0.15) is 0 Å². The summed E-state index contributed by atoms with van der Waals surface area (Å²) < 4.78 is 9.46. The van der Waals surface area contributed by atoms with Gasteiger partial charge >= 0.3 is 11.9 Å². The van der Waals surface area contributed by atoms with Gasteiger partial charge in [0.15, 0.2) is 0 Å². The number of ether oxygens (including phenoxy) is 2. The standard InChI is InChI=1S/C16H13ClO4/c1-20-15(18)11-5-8-13(16(19)21-2)14(9-11)10-3-6-12(17)7-4-10/h3-9H,1-2H3. The minimum Gasteiger partial charge on any atom is -0.465 e. The highest BCUT2D eigenvalue weighted by atomic mass is 35.5. The molecule has 0 saturated carbocycles. The molecule has 0 amide bonds. The van der Waals surface area contributed by atoms with Crippen LogP contribution >= 0.6 is 11.6 Å². The van der Waals surface area contributed by atoms with Gasteiger partial charge in [0, 0.05) is 5.02 Å². The highest BCUT2D eigenvalue weighted by molar-refractivity contribution is 6.30. The van der Waals surface area contributed by atoms with Crippen LogP contribution in [-0.2, 0) is 9.47 Å². The lowest BCUT2D eigenvalue weighted by Gasteiger charge is -2.10. The Morgan fingerprint density at radius 1 is 0.905 bits per heavy atom. The molecule has 2 rings (SSSR count). The lowest BCUT2D eigenvalue weighted by Crippen LogP contribution is -2.07. The van der Waals surface area contributed by atoms with Crippen molar-refractivity contribution in [1.82, 2.24) is 0 Å². The quantitative estimate of drug-likeness (QED) is 0.813. The predicted octanol–water partition coefficient (Wildman–Crippen LogP) is 3.58. The fourth-order valence-electron chi connectivity index (χ4n) is 1.95. The first kappa shape index (κ1) is 15.1. The zero-order valence-corrected chi connectivity index (χ0v) is 12.3. The minimum absolute atomic E-state index is 0.357. The van der Waals surface area contributed by atoms with E-state index in [0.717, 1.165) is 5.56 Å². The average Bonchev–Trinajstić information content (AvgIpc) is 2.53. The Kier molecular flexibility index (Phi) is 4.60. The normalized spacial score (nSPS) is 10.0. The molecule has 108 valence electrons. The van der Waals surface area contributed by atoms with Crippen molar-refractivity contribution in [3.8, 4) is 11.1 Å². The van der Waals surface area contributed by atoms with Crippen LogP contribution in [0.4, 0.5) is 0 Å². The van der Waals surface area contributed by atoms with E-state index < -0.39 is 11.9 Å². The molecular weight excluding hydrogens is 292 g/mol. The van der Waals surface area contributed by atoms with Crippen molar-refractivity contribution in [2.75, 3.05) is 14.2 Å². The lowest BCUT2D eigenvalue weighted by atomic mass is 9.97. The molecule has 0 aliphatic carbocycles. The molecule has 0 aromatic heterocycles. The predicted molar refractivity (Wildman–Crippen MR) is 79.6 cm³/mol. The van der Waals surface area contributed by atoms with E-state index >= 15 is 0 Å². The van der Waals surface area contributed by atoms with Crippen LogP contribution in [0.1, 0.15) is 20.7 Å². The molecule has 2 aromatic carbocycles. The van der Waals surface area contributed by atoms with Gasteiger partial charge in [0.1, 0.15) is 0 Å². The third kappa shape index (κ3) is 3.23. The third-order valence-corrected chi connectivity index (χ3v) is 3.25. The second-order valence-corrected chi connectivity index (χ2v) is 4.69. The molecule has 0 spiro atoms. The fraction of sp³-hybridized carbons (Fsp3) is 0.125. The van der Waals surface area contributed by atoms with Gasteiger partial charge < -0.3 is 9.47 Å². The van der Waals surface area contributed by atoms with Crippen molar-refractivity contribution in [3.63, 3.8) is 0 Å². The maximum atomic E-state index is 11.9. The molecule has 0 fully saturated rings. The van der Waals surface area contributed by atoms with E-state index in [1.54, 1.807) is 36.4 Å². The summed E-state index contributed by atoms with van der Waals surface area (Å²) in [6.45, 7) is 0. The molecule has 0 heterocycles. The summed E-state index contributed by atoms with van der Waals surface area (Å²) in [5.74, 6) is -0.946. The topological polar surface area (TPSA) is 52.6 Å². The molecule has 5 heteroatoms. The first-order valence-corrected chi connectivity index (χ1v) is 6.51. The van der Waals surface area contributed by atoms with Crippen LogP contribution in [0.3, 0.4) is 0 Å². The first-order chi connectivity index (χ1) is 10.1. The van der Waals surface area contributed by atoms with E-state index in [-0.39, 0.29) is 0 Å². The van der Waals surface area contributed by atoms with Gasteiger partial charge in [-0.05, 0) is 41.5 Å². The number of esters is 2. The van der Waals surface area contributed by atoms with Crippen molar-refractivity contribution in [2.24, 2.45) is 0 Å². The fourth-order valence-corrected chi connectivity index (χ4v) is 2.07. The van der Waals surface area contributed by atoms with Crippen molar-refractivity contribution in [2.45, 2.75) is 0 Å². The molecule has 0 bridgehead atoms. The van der Waals surface area contributed by atoms with Crippen LogP contribution in [0.25, 0.3) is 11.1 Å². The summed E-state index contributed by atoms with van der Waals surface area (Å²) in [5, 5.41) is 0.586. The van der Waals surface area contributed by atoms with Gasteiger partial charge in [0.25, 0.3) is 0 Å². The monoisotopic (exact) mass is 304 g/mol. The molecule has 21 heavy (non-hydrogen) atoms. The smallest absolute Gasteiger partial charge is 0.338 e. The van der Waals surface area contributed by atoms with E-state index in [2.05, 4.69) is 0 Å². The summed E-state index contributed by atoms with van der Waals surface area (Å²) in [6.07, 6.45) is 0. The molecule has 0 radical (unpaired) electrons. The van der Waals surface area contributed by atoms with E-state index in [1.807, 2.05) is 0 Å². The summed E-state index contributed by atoms with van der Waals surface area (Å²) >= 11 is 5.87. The molecule has 0 saturated heterocycles. The van der Waals surface area contributed by atoms with Crippen LogP contribution in [0.15, 0.2) is 42.5 Å². The van der Waals surface area contributed by atoms with Gasteiger partial charge in [0.2, 0.25) is 0 Å². The molecule has 0 aliphatic heterocycles. The van der Waals surface area contributed by atoms with Crippen molar-refractivity contribution >= 4 is 23.5 Å². The van der Waals surface area contributed by atoms with Gasteiger partial charge in [-0.1, -0.05) is 23.7 Å². The lowest BCUT2D eigenvalue weighted by molar-refractivity contribution is 0.0587.